The van der Waals surface area contributed by atoms with E-state index in [4.69, 9.17) is 9.47 Å². The molecule has 3 aromatic rings. The molecule has 3 saturated heterocycles. The third-order valence-electron chi connectivity index (χ3n) is 11.4. The van der Waals surface area contributed by atoms with Gasteiger partial charge in [-0.1, -0.05) is 13.8 Å². The first-order chi connectivity index (χ1) is 22.4. The van der Waals surface area contributed by atoms with Crippen LogP contribution in [-0.4, -0.2) is 99.7 Å². The maximum absolute atomic E-state index is 14.6. The zero-order valence-corrected chi connectivity index (χ0v) is 27.2. The quantitative estimate of drug-likeness (QED) is 0.299. The number of hydrogen-bond acceptors (Lipinski definition) is 10. The molecule has 0 unspecified atom stereocenters. The molecule has 5 heterocycles. The zero-order chi connectivity index (χ0) is 31.4. The number of aromatic nitrogens is 5. The Balaban J connectivity index is 0.944. The second-order valence-electron chi connectivity index (χ2n) is 14.8. The standard InChI is InChI=1S/C35H45FN8O2/c1-22(2)32(24-12-26(13-24)42-10-8-27(17-42)45-3)44-19-35(20-44)9-11-43(18-35)33-34(41-40-21-37-33)46-31-7-6-25(36)14-28(31)30-16-39-38-15-29(30)23-4-5-23/h6-7,14-16,21-24,26-27,32H,4-5,8-13,17-20H2,1-3H3/t24?,26?,27-,32-/m0/s1. The third-order valence-corrected chi connectivity index (χ3v) is 11.4. The molecule has 2 atom stereocenters. The molecule has 244 valence electrons. The summed E-state index contributed by atoms with van der Waals surface area (Å²) >= 11 is 0. The van der Waals surface area contributed by atoms with Gasteiger partial charge in [-0.25, -0.2) is 9.37 Å². The molecule has 10 nitrogen and oxygen atoms in total. The Kier molecular flexibility index (Phi) is 7.89. The van der Waals surface area contributed by atoms with Crippen LogP contribution in [0, 0.1) is 23.1 Å². The predicted octanol–water partition coefficient (Wildman–Crippen LogP) is 5.17. The normalized spacial score (nSPS) is 26.8. The monoisotopic (exact) mass is 628 g/mol. The fourth-order valence-corrected chi connectivity index (χ4v) is 8.87. The Morgan fingerprint density at radius 3 is 2.57 bits per heavy atom. The van der Waals surface area contributed by atoms with Crippen LogP contribution >= 0.6 is 0 Å². The summed E-state index contributed by atoms with van der Waals surface area (Å²) in [5, 5.41) is 16.6. The van der Waals surface area contributed by atoms with Crippen molar-refractivity contribution >= 4 is 5.82 Å². The Labute approximate surface area is 270 Å². The van der Waals surface area contributed by atoms with Crippen molar-refractivity contribution in [2.75, 3.05) is 51.3 Å². The number of rotatable bonds is 10. The van der Waals surface area contributed by atoms with Crippen molar-refractivity contribution in [1.29, 1.82) is 0 Å². The minimum absolute atomic E-state index is 0.252. The molecule has 1 aromatic carbocycles. The van der Waals surface area contributed by atoms with E-state index in [2.05, 4.69) is 53.9 Å². The number of anilines is 1. The molecule has 0 amide bonds. The van der Waals surface area contributed by atoms with Crippen LogP contribution < -0.4 is 9.64 Å². The van der Waals surface area contributed by atoms with Crippen LogP contribution in [-0.2, 0) is 4.74 Å². The number of halogens is 1. The predicted molar refractivity (Wildman–Crippen MR) is 172 cm³/mol. The summed E-state index contributed by atoms with van der Waals surface area (Å²) < 4.78 is 26.6. The molecule has 11 heteroatoms. The second-order valence-corrected chi connectivity index (χ2v) is 14.8. The van der Waals surface area contributed by atoms with Crippen LogP contribution in [0.2, 0.25) is 0 Å². The summed E-state index contributed by atoms with van der Waals surface area (Å²) in [6.07, 6.45) is 12.5. The molecule has 2 saturated carbocycles. The van der Waals surface area contributed by atoms with Crippen LogP contribution in [0.5, 0.6) is 11.6 Å². The maximum atomic E-state index is 14.6. The van der Waals surface area contributed by atoms with Gasteiger partial charge in [-0.2, -0.15) is 10.2 Å². The van der Waals surface area contributed by atoms with E-state index >= 15 is 0 Å². The first-order valence-corrected chi connectivity index (χ1v) is 17.1. The lowest BCUT2D eigenvalue weighted by molar-refractivity contribution is -0.0790. The van der Waals surface area contributed by atoms with Gasteiger partial charge in [0.2, 0.25) is 0 Å². The van der Waals surface area contributed by atoms with Crippen LogP contribution in [0.1, 0.15) is 63.9 Å². The van der Waals surface area contributed by atoms with E-state index in [1.54, 1.807) is 18.5 Å². The molecular weight excluding hydrogens is 583 g/mol. The Morgan fingerprint density at radius 2 is 1.80 bits per heavy atom. The van der Waals surface area contributed by atoms with Crippen LogP contribution in [0.25, 0.3) is 11.1 Å². The van der Waals surface area contributed by atoms with Gasteiger partial charge in [0.1, 0.15) is 17.9 Å². The molecule has 0 radical (unpaired) electrons. The van der Waals surface area contributed by atoms with Crippen LogP contribution in [0.15, 0.2) is 36.9 Å². The largest absolute Gasteiger partial charge is 0.434 e. The van der Waals surface area contributed by atoms with Crippen molar-refractivity contribution in [3.63, 3.8) is 0 Å². The highest BCUT2D eigenvalue weighted by Crippen LogP contribution is 2.49. The molecule has 8 rings (SSSR count). The van der Waals surface area contributed by atoms with Crippen molar-refractivity contribution in [3.8, 4) is 22.8 Å². The summed E-state index contributed by atoms with van der Waals surface area (Å²) in [5.41, 5.74) is 2.81. The van der Waals surface area contributed by atoms with Crippen molar-refractivity contribution in [2.45, 2.75) is 76.5 Å². The third kappa shape index (κ3) is 5.64. The number of ether oxygens (including phenoxy) is 2. The minimum Gasteiger partial charge on any atom is -0.434 e. The molecular formula is C35H45FN8O2. The van der Waals surface area contributed by atoms with Crippen molar-refractivity contribution in [1.82, 2.24) is 35.2 Å². The number of nitrogens with zero attached hydrogens (tertiary/aromatic N) is 8. The number of hydrogen-bond donors (Lipinski definition) is 0. The average Bonchev–Trinajstić information content (AvgIpc) is 3.60. The van der Waals surface area contributed by atoms with E-state index in [0.717, 1.165) is 75.1 Å². The van der Waals surface area contributed by atoms with E-state index in [1.165, 1.54) is 44.3 Å². The summed E-state index contributed by atoms with van der Waals surface area (Å²) in [6.45, 7) is 11.1. The van der Waals surface area contributed by atoms with Gasteiger partial charge >= 0.3 is 0 Å². The molecule has 5 fully saturated rings. The topological polar surface area (TPSA) is 92.6 Å². The molecule has 2 aromatic heterocycles. The first kappa shape index (κ1) is 30.1. The zero-order valence-electron chi connectivity index (χ0n) is 27.2. The Morgan fingerprint density at radius 1 is 0.978 bits per heavy atom. The van der Waals surface area contributed by atoms with E-state index in [-0.39, 0.29) is 11.2 Å². The van der Waals surface area contributed by atoms with Crippen molar-refractivity contribution < 1.29 is 13.9 Å². The van der Waals surface area contributed by atoms with Gasteiger partial charge in [-0.3, -0.25) is 9.80 Å². The van der Waals surface area contributed by atoms with Crippen molar-refractivity contribution in [3.05, 3.63) is 48.3 Å². The van der Waals surface area contributed by atoms with Gasteiger partial charge in [0.15, 0.2) is 5.82 Å². The summed E-state index contributed by atoms with van der Waals surface area (Å²) in [7, 11) is 1.85. The van der Waals surface area contributed by atoms with Gasteiger partial charge in [0, 0.05) is 75.0 Å². The number of likely N-dealkylation sites (tertiary alicyclic amines) is 2. The lowest BCUT2D eigenvalue weighted by Crippen LogP contribution is -2.65. The fourth-order valence-electron chi connectivity index (χ4n) is 8.87. The SMILES string of the molecule is CO[C@H]1CCN(C2CC([C@H](C(C)C)N3CC4(CCN(c5ncnnc5Oc5ccc(F)cc5-c5cnncc5C5CC5)C4)C3)C2)C1. The highest BCUT2D eigenvalue weighted by molar-refractivity contribution is 5.74. The molecule has 3 aliphatic heterocycles. The summed E-state index contributed by atoms with van der Waals surface area (Å²) in [6, 6.07) is 5.94. The van der Waals surface area contributed by atoms with Gasteiger partial charge in [-0.15, -0.1) is 10.2 Å². The van der Waals surface area contributed by atoms with Gasteiger partial charge in [0.25, 0.3) is 5.88 Å². The van der Waals surface area contributed by atoms with E-state index < -0.39 is 0 Å². The van der Waals surface area contributed by atoms with Gasteiger partial charge < -0.3 is 14.4 Å². The lowest BCUT2D eigenvalue weighted by atomic mass is 9.68. The van der Waals surface area contributed by atoms with Gasteiger partial charge in [0.05, 0.1) is 18.5 Å². The maximum Gasteiger partial charge on any atom is 0.282 e. The fraction of sp³-hybridized carbons (Fsp3) is 0.629. The minimum atomic E-state index is -0.331. The number of methoxy groups -OCH3 is 1. The smallest absolute Gasteiger partial charge is 0.282 e. The van der Waals surface area contributed by atoms with Crippen LogP contribution in [0.3, 0.4) is 0 Å². The van der Waals surface area contributed by atoms with E-state index in [9.17, 15) is 4.39 Å². The van der Waals surface area contributed by atoms with Crippen LogP contribution in [0.4, 0.5) is 10.2 Å². The summed E-state index contributed by atoms with van der Waals surface area (Å²) in [5.74, 6) is 3.05. The Bertz CT molecular complexity index is 1560. The average molecular weight is 629 g/mol. The highest BCUT2D eigenvalue weighted by atomic mass is 19.1. The Hall–Kier alpha value is -3.28. The van der Waals surface area contributed by atoms with Gasteiger partial charge in [-0.05, 0) is 80.0 Å². The molecule has 0 bridgehead atoms. The lowest BCUT2D eigenvalue weighted by Gasteiger charge is -2.57. The first-order valence-electron chi connectivity index (χ1n) is 17.1. The van der Waals surface area contributed by atoms with Crippen molar-refractivity contribution in [2.24, 2.45) is 17.3 Å². The molecule has 46 heavy (non-hydrogen) atoms. The molecule has 0 N–H and O–H groups in total. The van der Waals surface area contributed by atoms with E-state index in [0.29, 0.717) is 47.0 Å². The number of benzene rings is 1. The highest BCUT2D eigenvalue weighted by Gasteiger charge is 2.53. The summed E-state index contributed by atoms with van der Waals surface area (Å²) in [4.78, 5) is 12.4. The van der Waals surface area contributed by atoms with E-state index in [1.807, 2.05) is 7.11 Å². The second kappa shape index (κ2) is 12.1. The molecule has 1 spiro atoms. The molecule has 2 aliphatic carbocycles. The molecule has 5 aliphatic rings.